The van der Waals surface area contributed by atoms with Crippen LogP contribution in [0.25, 0.3) is 54.5 Å². The first-order valence-electron chi connectivity index (χ1n) is 29.0. The Labute approximate surface area is 516 Å². The minimum absolute atomic E-state index is 0.165. The van der Waals surface area contributed by atoms with Gasteiger partial charge in [0, 0.05) is 125 Å². The van der Waals surface area contributed by atoms with Gasteiger partial charge in [-0.3, -0.25) is 29.5 Å². The van der Waals surface area contributed by atoms with Crippen LogP contribution >= 0.6 is 0 Å². The number of para-hydroxylation sites is 3. The van der Waals surface area contributed by atoms with E-state index in [1.807, 2.05) is 150 Å². The van der Waals surface area contributed by atoms with Crippen LogP contribution in [0.4, 0.5) is 28.4 Å². The van der Waals surface area contributed by atoms with Gasteiger partial charge in [0.2, 0.25) is 26.0 Å². The van der Waals surface area contributed by atoms with Crippen molar-refractivity contribution < 1.29 is 26.4 Å². The highest BCUT2D eigenvalue weighted by Gasteiger charge is 2.25. The van der Waals surface area contributed by atoms with Gasteiger partial charge in [-0.1, -0.05) is 91.0 Å². The van der Waals surface area contributed by atoms with Crippen LogP contribution < -0.4 is 29.9 Å². The molecule has 1 amide bonds. The molecular weight excluding hydrogens is 1170 g/mol. The van der Waals surface area contributed by atoms with Crippen LogP contribution in [-0.4, -0.2) is 160 Å². The van der Waals surface area contributed by atoms with Gasteiger partial charge in [-0.05, 0) is 66.2 Å². The van der Waals surface area contributed by atoms with E-state index in [1.165, 1.54) is 27.3 Å². The smallest absolute Gasteiger partial charge is 0.219 e. The first-order valence-corrected chi connectivity index (χ1v) is 32.8. The number of aromatic nitrogens is 10. The van der Waals surface area contributed by atoms with Crippen molar-refractivity contribution in [3.63, 3.8) is 0 Å². The average molecular weight is 1240 g/mol. The van der Waals surface area contributed by atoms with Gasteiger partial charge in [-0.2, -0.15) is 29.8 Å². The van der Waals surface area contributed by atoms with Crippen LogP contribution in [0, 0.1) is 0 Å². The molecule has 462 valence electrons. The number of aryl methyl sites for hydroxylation is 2. The van der Waals surface area contributed by atoms with Crippen molar-refractivity contribution in [2.45, 2.75) is 13.5 Å². The van der Waals surface area contributed by atoms with E-state index in [2.05, 4.69) is 121 Å². The Hall–Kier alpha value is -9.82. The molecular formula is C64H73N17O6S2. The molecule has 89 heavy (non-hydrogen) atoms. The number of rotatable bonds is 13. The summed E-state index contributed by atoms with van der Waals surface area (Å²) in [7, 11) is -2.34. The average Bonchev–Trinajstić information content (AvgIpc) is 1.91. The lowest BCUT2D eigenvalue weighted by molar-refractivity contribution is -0.129. The van der Waals surface area contributed by atoms with E-state index in [4.69, 9.17) is 4.74 Å². The Morgan fingerprint density at radius 2 is 1.02 bits per heavy atom. The third-order valence-corrected chi connectivity index (χ3v) is 17.1. The number of carbonyl (C=O) groups is 1. The van der Waals surface area contributed by atoms with Gasteiger partial charge in [0.05, 0.1) is 87.8 Å². The lowest BCUT2D eigenvalue weighted by atomic mass is 10.2. The van der Waals surface area contributed by atoms with E-state index in [-0.39, 0.29) is 19.1 Å². The van der Waals surface area contributed by atoms with Crippen molar-refractivity contribution in [3.8, 4) is 5.75 Å². The molecule has 2 aliphatic rings. The summed E-state index contributed by atoms with van der Waals surface area (Å²) < 4.78 is 57.9. The third kappa shape index (κ3) is 16.2. The van der Waals surface area contributed by atoms with Crippen molar-refractivity contribution >= 4 is 109 Å². The number of hydrogen-bond acceptors (Lipinski definition) is 15. The third-order valence-electron chi connectivity index (χ3n) is 15.1. The first kappa shape index (κ1) is 62.2. The lowest BCUT2D eigenvalue weighted by Gasteiger charge is -2.36. The highest BCUT2D eigenvalue weighted by Crippen LogP contribution is 2.30. The predicted octanol–water partition coefficient (Wildman–Crippen LogP) is 8.87. The fraction of sp³-hybridized carbons (Fsp3) is 0.250. The number of sulfonamides is 2. The molecule has 0 radical (unpaired) electrons. The maximum Gasteiger partial charge on any atom is 0.219 e. The van der Waals surface area contributed by atoms with Crippen LogP contribution in [0.5, 0.6) is 5.75 Å². The number of ether oxygens (including phenoxy) is 1. The normalized spacial score (nSPS) is 13.6. The molecule has 5 aromatic heterocycles. The number of nitrogens with zero attached hydrogens (tertiary/aromatic N) is 11. The number of aromatic amines is 3. The summed E-state index contributed by atoms with van der Waals surface area (Å²) >= 11 is 0. The zero-order valence-corrected chi connectivity index (χ0v) is 51.9. The summed E-state index contributed by atoms with van der Waals surface area (Å²) in [5.74, 6) is 0.852. The van der Waals surface area contributed by atoms with Gasteiger partial charge < -0.3 is 30.1 Å². The minimum atomic E-state index is -3.16. The SMILES string of the molecule is CC(=O)N1CCN(c2cccc3cnn(C)c23)CC1.CS(=O)(=O)NCCOc1cccc2[nH]ncc12.Cn1ncc2cccc(N3CCN(S(C)(=O)=O)CC3)c21.c1ccc(CNc2cccc3[nH]ncc23)cc1.c1ccc(Nc2cccc3[nH]ncc23)cc1. The monoisotopic (exact) mass is 1240 g/mol. The van der Waals surface area contributed by atoms with Crippen molar-refractivity contribution in [1.29, 1.82) is 0 Å². The standard InChI is InChI=1S/C14H18N4O.C14H13N3.C13H18N4O2S.C13H11N3.C10H13N3O3S/c1-11(19)17-6-8-18(9-7-17)13-5-3-4-12-10-15-16(2)14(12)13;1-2-5-11(6-3-1)9-15-13-7-4-8-14-12(13)10-16-17-14;1-15-13-11(10-14-15)4-3-5-12(13)16-6-8-17(9-7-16)20(2,18)19;1-2-5-10(6-3-1)15-12-7-4-8-13-11(12)9-14-16-13;1-17(14,15)12-5-6-16-10-4-2-3-9-8(10)7-11-13-9/h3-5,10H,6-9H2,1-2H3;1-8,10,15H,9H2,(H,16,17);3-5,10H,6-9H2,1-2H3;1-9,15H,(H,14,16);2-4,7,12H,5-6H2,1H3,(H,11,13). The fourth-order valence-electron chi connectivity index (χ4n) is 10.6. The number of nitrogens with one attached hydrogen (secondary N) is 6. The van der Waals surface area contributed by atoms with Crippen molar-refractivity contribution in [3.05, 3.63) is 188 Å². The second-order valence-corrected chi connectivity index (χ2v) is 25.1. The van der Waals surface area contributed by atoms with Crippen LogP contribution in [0.2, 0.25) is 0 Å². The Bertz CT molecular complexity index is 4500. The second-order valence-electron chi connectivity index (χ2n) is 21.3. The number of hydrogen-bond donors (Lipinski definition) is 6. The summed E-state index contributed by atoms with van der Waals surface area (Å²) in [6.07, 6.45) is 11.5. The van der Waals surface area contributed by atoms with Crippen LogP contribution in [0.3, 0.4) is 0 Å². The minimum Gasteiger partial charge on any atom is -0.491 e. The topological polar surface area (TPSA) is 265 Å². The molecule has 0 saturated carbocycles. The summed E-state index contributed by atoms with van der Waals surface area (Å²) in [6.45, 7) is 8.81. The summed E-state index contributed by atoms with van der Waals surface area (Å²) in [6, 6.07) is 50.6. The molecule has 25 heteroatoms. The molecule has 23 nitrogen and oxygen atoms in total. The summed E-state index contributed by atoms with van der Waals surface area (Å²) in [4.78, 5) is 17.8. The predicted molar refractivity (Wildman–Crippen MR) is 355 cm³/mol. The summed E-state index contributed by atoms with van der Waals surface area (Å²) in [5, 5.41) is 41.6. The molecule has 2 fully saturated rings. The molecule has 0 atom stereocenters. The Kier molecular flexibility index (Phi) is 20.1. The van der Waals surface area contributed by atoms with Crippen molar-refractivity contribution in [2.24, 2.45) is 14.1 Å². The van der Waals surface area contributed by atoms with Gasteiger partial charge in [-0.25, -0.2) is 21.6 Å². The van der Waals surface area contributed by atoms with Gasteiger partial charge in [-0.15, -0.1) is 0 Å². The molecule has 12 aromatic rings. The Morgan fingerprint density at radius 1 is 0.539 bits per heavy atom. The number of carbonyl (C=O) groups excluding carboxylic acids is 1. The van der Waals surface area contributed by atoms with E-state index in [0.29, 0.717) is 31.9 Å². The van der Waals surface area contributed by atoms with E-state index in [0.717, 1.165) is 111 Å². The Balaban J connectivity index is 0.000000123. The van der Waals surface area contributed by atoms with Crippen molar-refractivity contribution in [2.75, 3.05) is 98.5 Å². The van der Waals surface area contributed by atoms with E-state index >= 15 is 0 Å². The highest BCUT2D eigenvalue weighted by atomic mass is 32.2. The Morgan fingerprint density at radius 3 is 1.56 bits per heavy atom. The number of benzene rings is 7. The summed E-state index contributed by atoms with van der Waals surface area (Å²) in [5.41, 5.74) is 12.1. The first-order chi connectivity index (χ1) is 43.1. The van der Waals surface area contributed by atoms with Gasteiger partial charge in [0.15, 0.2) is 0 Å². The molecule has 0 bridgehead atoms. The van der Waals surface area contributed by atoms with Gasteiger partial charge in [0.25, 0.3) is 0 Å². The maximum atomic E-state index is 11.5. The largest absolute Gasteiger partial charge is 0.491 e. The van der Waals surface area contributed by atoms with Crippen LogP contribution in [0.1, 0.15) is 12.5 Å². The number of H-pyrrole nitrogens is 3. The molecule has 0 aliphatic carbocycles. The number of fused-ring (bicyclic) bond motifs is 5. The number of piperazine rings is 2. The van der Waals surface area contributed by atoms with Crippen LogP contribution in [-0.2, 0) is 45.5 Å². The van der Waals surface area contributed by atoms with E-state index in [1.54, 1.807) is 13.1 Å². The quantitative estimate of drug-likeness (QED) is 0.0589. The molecule has 7 heterocycles. The molecule has 6 N–H and O–H groups in total. The molecule has 7 aromatic carbocycles. The van der Waals surface area contributed by atoms with Gasteiger partial charge >= 0.3 is 0 Å². The maximum absolute atomic E-state index is 11.5. The van der Waals surface area contributed by atoms with E-state index < -0.39 is 20.0 Å². The van der Waals surface area contributed by atoms with E-state index in [9.17, 15) is 21.6 Å². The molecule has 2 aliphatic heterocycles. The van der Waals surface area contributed by atoms with Crippen molar-refractivity contribution in [1.82, 2.24) is 64.1 Å². The fourth-order valence-corrected chi connectivity index (χ4v) is 11.9. The number of amides is 1. The molecule has 0 unspecified atom stereocenters. The molecule has 2 saturated heterocycles. The highest BCUT2D eigenvalue weighted by molar-refractivity contribution is 7.88. The zero-order valence-electron chi connectivity index (χ0n) is 50.3. The zero-order chi connectivity index (χ0) is 62.3. The molecule has 0 spiro atoms. The lowest BCUT2D eigenvalue weighted by Crippen LogP contribution is -2.48. The molecule has 14 rings (SSSR count). The second kappa shape index (κ2) is 28.8. The number of anilines is 5. The van der Waals surface area contributed by atoms with Crippen LogP contribution in [0.15, 0.2) is 183 Å². The van der Waals surface area contributed by atoms with Gasteiger partial charge in [0.1, 0.15) is 12.4 Å².